The summed E-state index contributed by atoms with van der Waals surface area (Å²) in [5.74, 6) is -0.884. The summed E-state index contributed by atoms with van der Waals surface area (Å²) in [7, 11) is -2.24. The molecule has 0 aliphatic heterocycles. The summed E-state index contributed by atoms with van der Waals surface area (Å²) in [6, 6.07) is 7.08. The van der Waals surface area contributed by atoms with E-state index < -0.39 is 22.0 Å². The van der Waals surface area contributed by atoms with Crippen molar-refractivity contribution in [3.63, 3.8) is 0 Å². The van der Waals surface area contributed by atoms with Gasteiger partial charge in [-0.2, -0.15) is 4.31 Å². The van der Waals surface area contributed by atoms with Gasteiger partial charge in [-0.1, -0.05) is 18.2 Å². The number of carbonyl (C=O) groups excluding carboxylic acids is 2. The summed E-state index contributed by atoms with van der Waals surface area (Å²) in [4.78, 5) is 26.2. The second-order valence-corrected chi connectivity index (χ2v) is 9.62. The predicted octanol–water partition coefficient (Wildman–Crippen LogP) is 3.51. The summed E-state index contributed by atoms with van der Waals surface area (Å²) in [6.07, 6.45) is 0.443. The molecule has 0 radical (unpaired) electrons. The van der Waals surface area contributed by atoms with E-state index in [1.807, 2.05) is 6.92 Å². The predicted molar refractivity (Wildman–Crippen MR) is 126 cm³/mol. The highest BCUT2D eigenvalue weighted by Crippen LogP contribution is 2.27. The van der Waals surface area contributed by atoms with Crippen LogP contribution in [0.5, 0.6) is 0 Å². The third kappa shape index (κ3) is 5.72. The minimum Gasteiger partial charge on any atom is -0.461 e. The molecule has 0 saturated heterocycles. The van der Waals surface area contributed by atoms with Gasteiger partial charge < -0.3 is 14.0 Å². The van der Waals surface area contributed by atoms with Crippen LogP contribution < -0.4 is 0 Å². The molecule has 0 saturated carbocycles. The summed E-state index contributed by atoms with van der Waals surface area (Å²) >= 11 is 0. The number of aromatic nitrogens is 1. The first-order valence-corrected chi connectivity index (χ1v) is 12.5. The van der Waals surface area contributed by atoms with Gasteiger partial charge in [0, 0.05) is 38.1 Å². The first kappa shape index (κ1) is 26.8. The summed E-state index contributed by atoms with van der Waals surface area (Å²) in [6.45, 7) is 9.83. The number of hydrogen-bond acceptors (Lipinski definition) is 6. The number of hydrogen-bond donors (Lipinski definition) is 0. The molecule has 0 fully saturated rings. The van der Waals surface area contributed by atoms with Crippen LogP contribution in [-0.2, 0) is 26.5 Å². The Morgan fingerprint density at radius 2 is 1.73 bits per heavy atom. The number of esters is 1. The minimum absolute atomic E-state index is 0.120. The molecule has 1 atom stereocenters. The van der Waals surface area contributed by atoms with Gasteiger partial charge in [-0.3, -0.25) is 4.79 Å². The molecule has 1 aromatic carbocycles. The average Bonchev–Trinajstić information content (AvgIpc) is 3.01. The molecule has 0 N–H and O–H groups in total. The zero-order valence-electron chi connectivity index (χ0n) is 20.3. The van der Waals surface area contributed by atoms with Crippen LogP contribution in [0.3, 0.4) is 0 Å². The van der Waals surface area contributed by atoms with Crippen molar-refractivity contribution in [2.24, 2.45) is 7.05 Å². The number of carbonyl (C=O) groups is 2. The zero-order valence-corrected chi connectivity index (χ0v) is 21.1. The lowest BCUT2D eigenvalue weighted by Crippen LogP contribution is -2.44. The molecule has 182 valence electrons. The van der Waals surface area contributed by atoms with Gasteiger partial charge in [0.1, 0.15) is 5.69 Å². The largest absolute Gasteiger partial charge is 0.461 e. The number of ketones is 1. The number of ether oxygens (including phenoxy) is 2. The molecule has 2 rings (SSSR count). The number of nitrogens with zero attached hydrogens (tertiary/aromatic N) is 2. The van der Waals surface area contributed by atoms with Crippen molar-refractivity contribution in [1.82, 2.24) is 8.87 Å². The molecule has 9 heteroatoms. The van der Waals surface area contributed by atoms with Crippen molar-refractivity contribution in [3.05, 3.63) is 52.8 Å². The topological polar surface area (TPSA) is 94.9 Å². The van der Waals surface area contributed by atoms with Crippen LogP contribution in [0.15, 0.2) is 35.2 Å². The SMILES string of the molecule is CCOCCCN([C@@H](C)C(=O)c1c(C)c(C(=O)OCC)n(C)c1C)S(=O)(=O)c1ccccc1. The first-order chi connectivity index (χ1) is 15.6. The molecular weight excluding hydrogens is 444 g/mol. The van der Waals surface area contributed by atoms with E-state index in [9.17, 15) is 18.0 Å². The van der Waals surface area contributed by atoms with E-state index in [-0.39, 0.29) is 23.8 Å². The maximum Gasteiger partial charge on any atom is 0.355 e. The highest BCUT2D eigenvalue weighted by atomic mass is 32.2. The van der Waals surface area contributed by atoms with Crippen molar-refractivity contribution in [2.45, 2.75) is 52.0 Å². The van der Waals surface area contributed by atoms with Crippen molar-refractivity contribution < 1.29 is 27.5 Å². The number of rotatable bonds is 12. The van der Waals surface area contributed by atoms with Crippen molar-refractivity contribution >= 4 is 21.8 Å². The van der Waals surface area contributed by atoms with Crippen molar-refractivity contribution in [2.75, 3.05) is 26.4 Å². The smallest absolute Gasteiger partial charge is 0.355 e. The lowest BCUT2D eigenvalue weighted by Gasteiger charge is -2.28. The molecular formula is C24H34N2O6S. The van der Waals surface area contributed by atoms with Crippen molar-refractivity contribution in [3.8, 4) is 0 Å². The van der Waals surface area contributed by atoms with E-state index in [0.717, 1.165) is 0 Å². The maximum atomic E-state index is 13.6. The van der Waals surface area contributed by atoms with Gasteiger partial charge in [0.25, 0.3) is 0 Å². The van der Waals surface area contributed by atoms with E-state index in [2.05, 4.69) is 0 Å². The molecule has 0 spiro atoms. The first-order valence-electron chi connectivity index (χ1n) is 11.1. The Bertz CT molecular complexity index is 1080. The monoisotopic (exact) mass is 478 g/mol. The molecule has 0 aliphatic rings. The molecule has 8 nitrogen and oxygen atoms in total. The molecule has 33 heavy (non-hydrogen) atoms. The summed E-state index contributed by atoms with van der Waals surface area (Å²) in [5, 5.41) is 0. The normalized spacial score (nSPS) is 12.7. The fourth-order valence-electron chi connectivity index (χ4n) is 3.89. The van der Waals surface area contributed by atoms with Gasteiger partial charge in [0.05, 0.1) is 17.5 Å². The van der Waals surface area contributed by atoms with Crippen molar-refractivity contribution in [1.29, 1.82) is 0 Å². The van der Waals surface area contributed by atoms with E-state index in [0.29, 0.717) is 42.1 Å². The fourth-order valence-corrected chi connectivity index (χ4v) is 5.54. The average molecular weight is 479 g/mol. The van der Waals surface area contributed by atoms with E-state index in [1.165, 1.54) is 16.4 Å². The van der Waals surface area contributed by atoms with Crippen LogP contribution in [0.1, 0.15) is 59.3 Å². The third-order valence-electron chi connectivity index (χ3n) is 5.68. The highest BCUT2D eigenvalue weighted by Gasteiger charge is 2.36. The molecule has 0 bridgehead atoms. The van der Waals surface area contributed by atoms with Crippen LogP contribution in [0.25, 0.3) is 0 Å². The molecule has 0 unspecified atom stereocenters. The zero-order chi connectivity index (χ0) is 24.8. The van der Waals surface area contributed by atoms with Crippen LogP contribution in [-0.4, -0.2) is 61.4 Å². The van der Waals surface area contributed by atoms with E-state index >= 15 is 0 Å². The van der Waals surface area contributed by atoms with Gasteiger partial charge in [-0.25, -0.2) is 13.2 Å². The van der Waals surface area contributed by atoms with Crippen LogP contribution in [0, 0.1) is 13.8 Å². The number of Topliss-reactive ketones (excluding diaryl/α,β-unsaturated/α-hetero) is 1. The maximum absolute atomic E-state index is 13.6. The molecule has 0 amide bonds. The van der Waals surface area contributed by atoms with Gasteiger partial charge in [0.15, 0.2) is 5.78 Å². The fraction of sp³-hybridized carbons (Fsp3) is 0.500. The van der Waals surface area contributed by atoms with E-state index in [4.69, 9.17) is 9.47 Å². The Kier molecular flexibility index (Phi) is 9.39. The Labute approximate surface area is 196 Å². The van der Waals surface area contributed by atoms with Gasteiger partial charge in [-0.15, -0.1) is 0 Å². The highest BCUT2D eigenvalue weighted by molar-refractivity contribution is 7.89. The van der Waals surface area contributed by atoms with Crippen LogP contribution in [0.2, 0.25) is 0 Å². The van der Waals surface area contributed by atoms with Gasteiger partial charge in [-0.05, 0) is 58.7 Å². The summed E-state index contributed by atoms with van der Waals surface area (Å²) < 4.78 is 40.3. The minimum atomic E-state index is -3.94. The second-order valence-electron chi connectivity index (χ2n) is 7.73. The lowest BCUT2D eigenvalue weighted by atomic mass is 10.0. The van der Waals surface area contributed by atoms with E-state index in [1.54, 1.807) is 57.5 Å². The van der Waals surface area contributed by atoms with Gasteiger partial charge >= 0.3 is 5.97 Å². The van der Waals surface area contributed by atoms with Crippen LogP contribution in [0.4, 0.5) is 0 Å². The number of sulfonamides is 1. The molecule has 1 aromatic heterocycles. The quantitative estimate of drug-likeness (QED) is 0.263. The molecule has 1 heterocycles. The third-order valence-corrected chi connectivity index (χ3v) is 7.66. The molecule has 0 aliphatic carbocycles. The Hall–Kier alpha value is -2.49. The molecule has 2 aromatic rings. The Morgan fingerprint density at radius 1 is 1.09 bits per heavy atom. The second kappa shape index (κ2) is 11.6. The standard InChI is InChI=1S/C24H34N2O6S/c1-7-31-16-12-15-26(33(29,30)20-13-10-9-11-14-20)19(5)23(27)21-17(3)22(24(28)32-8-2)25(6)18(21)4/h9-11,13-14,19H,7-8,12,15-16H2,1-6H3/t19-/m0/s1. The Morgan fingerprint density at radius 3 is 2.30 bits per heavy atom. The van der Waals surface area contributed by atoms with Gasteiger partial charge in [0.2, 0.25) is 10.0 Å². The number of benzene rings is 1. The lowest BCUT2D eigenvalue weighted by molar-refractivity contribution is 0.0514. The van der Waals surface area contributed by atoms with Crippen LogP contribution >= 0.6 is 0 Å². The summed E-state index contributed by atoms with van der Waals surface area (Å²) in [5.41, 5.74) is 1.69. The Balaban J connectivity index is 2.48.